The summed E-state index contributed by atoms with van der Waals surface area (Å²) in [4.78, 5) is 25.7. The Kier molecular flexibility index (Phi) is 3.62. The molecule has 0 spiro atoms. The van der Waals surface area contributed by atoms with Gasteiger partial charge in [-0.1, -0.05) is 63.2 Å². The van der Waals surface area contributed by atoms with E-state index in [2.05, 4.69) is 31.3 Å². The van der Waals surface area contributed by atoms with E-state index in [4.69, 9.17) is 0 Å². The molecule has 2 fully saturated rings. The van der Waals surface area contributed by atoms with Crippen molar-refractivity contribution in [2.45, 2.75) is 40.0 Å². The molecular weight excluding hydrogens is 322 g/mol. The van der Waals surface area contributed by atoms with E-state index in [-0.39, 0.29) is 22.5 Å². The van der Waals surface area contributed by atoms with E-state index in [1.807, 2.05) is 49.4 Å². The molecule has 2 aliphatic carbocycles. The zero-order chi connectivity index (χ0) is 18.6. The Morgan fingerprint density at radius 1 is 0.885 bits per heavy atom. The minimum absolute atomic E-state index is 0.00969. The van der Waals surface area contributed by atoms with Crippen LogP contribution in [0.5, 0.6) is 0 Å². The molecule has 2 bridgehead atoms. The second kappa shape index (κ2) is 5.54. The average molecular weight is 347 g/mol. The molecular formula is C23H25NO2. The number of nitrogens with one attached hydrogen (secondary N) is 1. The van der Waals surface area contributed by atoms with E-state index in [9.17, 15) is 9.59 Å². The minimum Gasteiger partial charge on any atom is -0.326 e. The first kappa shape index (κ1) is 17.0. The summed E-state index contributed by atoms with van der Waals surface area (Å²) >= 11 is 0. The van der Waals surface area contributed by atoms with Crippen molar-refractivity contribution in [2.75, 3.05) is 5.32 Å². The van der Waals surface area contributed by atoms with Crippen LogP contribution in [0, 0.1) is 16.2 Å². The lowest BCUT2D eigenvalue weighted by molar-refractivity contribution is -0.131. The first-order valence-corrected chi connectivity index (χ1v) is 9.30. The molecule has 1 N–H and O–H groups in total. The molecule has 2 saturated carbocycles. The monoisotopic (exact) mass is 347 g/mol. The standard InChI is InChI=1S/C23H25NO2/c1-21(2)22(3)13-14-23(21,15-19(22)25)20(26)24-18-11-9-17(10-12-18)16-7-5-4-6-8-16/h4-12H,13-15H2,1-3H3,(H,24,26). The Labute approximate surface area is 154 Å². The van der Waals surface area contributed by atoms with Crippen molar-refractivity contribution in [2.24, 2.45) is 16.2 Å². The van der Waals surface area contributed by atoms with Crippen LogP contribution in [0.1, 0.15) is 40.0 Å². The third kappa shape index (κ3) is 2.13. The van der Waals surface area contributed by atoms with Crippen molar-refractivity contribution in [3.63, 3.8) is 0 Å². The Morgan fingerprint density at radius 2 is 1.50 bits per heavy atom. The average Bonchev–Trinajstić information content (AvgIpc) is 2.93. The van der Waals surface area contributed by atoms with Gasteiger partial charge in [0.25, 0.3) is 0 Å². The lowest BCUT2D eigenvalue weighted by atomic mass is 9.64. The summed E-state index contributed by atoms with van der Waals surface area (Å²) in [6.07, 6.45) is 1.96. The molecule has 0 radical (unpaired) electrons. The number of ketones is 1. The Balaban J connectivity index is 1.57. The van der Waals surface area contributed by atoms with Gasteiger partial charge in [-0.3, -0.25) is 9.59 Å². The van der Waals surface area contributed by atoms with Gasteiger partial charge >= 0.3 is 0 Å². The molecule has 0 aromatic heterocycles. The van der Waals surface area contributed by atoms with Gasteiger partial charge in [0.15, 0.2) is 0 Å². The van der Waals surface area contributed by atoms with Crippen LogP contribution in [-0.4, -0.2) is 11.7 Å². The van der Waals surface area contributed by atoms with Gasteiger partial charge in [-0.2, -0.15) is 0 Å². The molecule has 2 aromatic rings. The lowest BCUT2D eigenvalue weighted by Crippen LogP contribution is -2.43. The first-order chi connectivity index (χ1) is 12.3. The highest BCUT2D eigenvalue weighted by Crippen LogP contribution is 2.70. The molecule has 134 valence electrons. The largest absolute Gasteiger partial charge is 0.326 e. The third-order valence-corrected chi connectivity index (χ3v) is 7.39. The summed E-state index contributed by atoms with van der Waals surface area (Å²) in [6, 6.07) is 18.1. The maximum atomic E-state index is 13.2. The predicted octanol–water partition coefficient (Wildman–Crippen LogP) is 5.08. The number of carbonyl (C=O) groups excluding carboxylic acids is 2. The number of anilines is 1. The topological polar surface area (TPSA) is 46.2 Å². The Hall–Kier alpha value is -2.42. The van der Waals surface area contributed by atoms with Crippen molar-refractivity contribution < 1.29 is 9.59 Å². The molecule has 26 heavy (non-hydrogen) atoms. The summed E-state index contributed by atoms with van der Waals surface area (Å²) in [5.41, 5.74) is 1.78. The van der Waals surface area contributed by atoms with Gasteiger partial charge in [0.1, 0.15) is 5.78 Å². The van der Waals surface area contributed by atoms with Crippen molar-refractivity contribution in [1.82, 2.24) is 0 Å². The van der Waals surface area contributed by atoms with Crippen molar-refractivity contribution in [1.29, 1.82) is 0 Å². The number of fused-ring (bicyclic) bond motifs is 2. The molecule has 2 aromatic carbocycles. The maximum absolute atomic E-state index is 13.2. The van der Waals surface area contributed by atoms with E-state index in [1.165, 1.54) is 0 Å². The minimum atomic E-state index is -0.586. The smallest absolute Gasteiger partial charge is 0.231 e. The zero-order valence-electron chi connectivity index (χ0n) is 15.6. The van der Waals surface area contributed by atoms with Crippen LogP contribution in [0.15, 0.2) is 54.6 Å². The summed E-state index contributed by atoms with van der Waals surface area (Å²) < 4.78 is 0. The highest BCUT2D eigenvalue weighted by atomic mass is 16.2. The van der Waals surface area contributed by atoms with Gasteiger partial charge in [0.2, 0.25) is 5.91 Å². The summed E-state index contributed by atoms with van der Waals surface area (Å²) in [5.74, 6) is 0.230. The van der Waals surface area contributed by atoms with Crippen LogP contribution in [-0.2, 0) is 9.59 Å². The van der Waals surface area contributed by atoms with Crippen molar-refractivity contribution in [3.05, 3.63) is 54.6 Å². The SMILES string of the molecule is CC12CCC(C(=O)Nc3ccc(-c4ccccc4)cc3)(CC1=O)C2(C)C. The second-order valence-corrected chi connectivity index (χ2v) is 8.54. The second-order valence-electron chi connectivity index (χ2n) is 8.54. The maximum Gasteiger partial charge on any atom is 0.231 e. The molecule has 0 saturated heterocycles. The molecule has 3 nitrogen and oxygen atoms in total. The van der Waals surface area contributed by atoms with Gasteiger partial charge < -0.3 is 5.32 Å². The summed E-state index contributed by atoms with van der Waals surface area (Å²) in [7, 11) is 0. The van der Waals surface area contributed by atoms with Gasteiger partial charge in [-0.25, -0.2) is 0 Å². The fourth-order valence-corrected chi connectivity index (χ4v) is 4.99. The number of Topliss-reactive ketones (excluding diaryl/α,β-unsaturated/α-hetero) is 1. The number of benzene rings is 2. The van der Waals surface area contributed by atoms with Crippen LogP contribution in [0.4, 0.5) is 5.69 Å². The zero-order valence-corrected chi connectivity index (χ0v) is 15.6. The van der Waals surface area contributed by atoms with Crippen LogP contribution < -0.4 is 5.32 Å². The van der Waals surface area contributed by atoms with Gasteiger partial charge in [0, 0.05) is 17.5 Å². The van der Waals surface area contributed by atoms with Crippen molar-refractivity contribution in [3.8, 4) is 11.1 Å². The molecule has 0 aliphatic heterocycles. The number of rotatable bonds is 3. The van der Waals surface area contributed by atoms with Gasteiger partial charge in [-0.15, -0.1) is 0 Å². The number of amides is 1. The molecule has 0 heterocycles. The molecule has 3 heteroatoms. The molecule has 2 atom stereocenters. The number of hydrogen-bond acceptors (Lipinski definition) is 2. The molecule has 2 unspecified atom stereocenters. The van der Waals surface area contributed by atoms with E-state index < -0.39 is 5.41 Å². The Bertz CT molecular complexity index is 869. The van der Waals surface area contributed by atoms with E-state index in [0.717, 1.165) is 29.7 Å². The number of carbonyl (C=O) groups is 2. The lowest BCUT2D eigenvalue weighted by Gasteiger charge is -2.38. The van der Waals surface area contributed by atoms with Crippen LogP contribution >= 0.6 is 0 Å². The predicted molar refractivity (Wildman–Crippen MR) is 104 cm³/mol. The van der Waals surface area contributed by atoms with Crippen LogP contribution in [0.3, 0.4) is 0 Å². The molecule has 1 amide bonds. The summed E-state index contributed by atoms with van der Waals surface area (Å²) in [6.45, 7) is 6.21. The fraction of sp³-hybridized carbons (Fsp3) is 0.391. The Morgan fingerprint density at radius 3 is 2.04 bits per heavy atom. The van der Waals surface area contributed by atoms with Crippen LogP contribution in [0.2, 0.25) is 0 Å². The van der Waals surface area contributed by atoms with E-state index in [1.54, 1.807) is 0 Å². The normalized spacial score (nSPS) is 29.0. The van der Waals surface area contributed by atoms with Gasteiger partial charge in [-0.05, 0) is 41.5 Å². The first-order valence-electron chi connectivity index (χ1n) is 9.30. The third-order valence-electron chi connectivity index (χ3n) is 7.39. The van der Waals surface area contributed by atoms with E-state index in [0.29, 0.717) is 6.42 Å². The highest BCUT2D eigenvalue weighted by molar-refractivity contribution is 6.04. The van der Waals surface area contributed by atoms with Crippen LogP contribution in [0.25, 0.3) is 11.1 Å². The van der Waals surface area contributed by atoms with Crippen molar-refractivity contribution >= 4 is 17.4 Å². The summed E-state index contributed by atoms with van der Waals surface area (Å²) in [5, 5.41) is 3.08. The van der Waals surface area contributed by atoms with E-state index >= 15 is 0 Å². The number of hydrogen-bond donors (Lipinski definition) is 1. The quantitative estimate of drug-likeness (QED) is 0.842. The van der Waals surface area contributed by atoms with Gasteiger partial charge in [0.05, 0.1) is 5.41 Å². The highest BCUT2D eigenvalue weighted by Gasteiger charge is 2.72. The fourth-order valence-electron chi connectivity index (χ4n) is 4.99. The molecule has 2 aliphatic rings. The molecule has 4 rings (SSSR count).